The lowest BCUT2D eigenvalue weighted by atomic mass is 10.1. The highest BCUT2D eigenvalue weighted by Gasteiger charge is 2.07. The molecule has 4 rings (SSSR count). The number of benzene rings is 2. The van der Waals surface area contributed by atoms with E-state index in [-0.39, 0.29) is 5.91 Å². The van der Waals surface area contributed by atoms with Crippen LogP contribution in [0.15, 0.2) is 85.3 Å². The third-order valence-electron chi connectivity index (χ3n) is 4.40. The Balaban J connectivity index is 1.42. The first-order chi connectivity index (χ1) is 14.7. The highest BCUT2D eigenvalue weighted by molar-refractivity contribution is 6.17. The van der Waals surface area contributed by atoms with Gasteiger partial charge >= 0.3 is 0 Å². The van der Waals surface area contributed by atoms with Gasteiger partial charge in [-0.3, -0.25) is 9.78 Å². The van der Waals surface area contributed by atoms with Gasteiger partial charge < -0.3 is 10.6 Å². The van der Waals surface area contributed by atoms with Crippen LogP contribution in [0, 0.1) is 0 Å². The Bertz CT molecular complexity index is 1130. The number of aromatic nitrogens is 3. The molecule has 0 aliphatic rings. The van der Waals surface area contributed by atoms with Crippen molar-refractivity contribution in [3.05, 3.63) is 96.4 Å². The Morgan fingerprint density at radius 1 is 0.833 bits per heavy atom. The van der Waals surface area contributed by atoms with Crippen LogP contribution in [0.5, 0.6) is 0 Å². The van der Waals surface area contributed by atoms with Gasteiger partial charge in [0.25, 0.3) is 5.91 Å². The molecule has 0 aliphatic carbocycles. The average molecular weight is 416 g/mol. The van der Waals surface area contributed by atoms with Crippen molar-refractivity contribution in [2.45, 2.75) is 5.88 Å². The van der Waals surface area contributed by atoms with Gasteiger partial charge in [0.1, 0.15) is 0 Å². The normalized spacial score (nSPS) is 10.4. The first-order valence-electron chi connectivity index (χ1n) is 9.28. The quantitative estimate of drug-likeness (QED) is 0.419. The molecular weight excluding hydrogens is 398 g/mol. The summed E-state index contributed by atoms with van der Waals surface area (Å²) >= 11 is 5.78. The second-order valence-corrected chi connectivity index (χ2v) is 6.76. The molecule has 0 saturated heterocycles. The van der Waals surface area contributed by atoms with Crippen molar-refractivity contribution >= 4 is 34.8 Å². The minimum atomic E-state index is -0.176. The number of alkyl halides is 1. The zero-order chi connectivity index (χ0) is 20.8. The molecule has 2 aromatic heterocycles. The molecule has 0 atom stereocenters. The van der Waals surface area contributed by atoms with E-state index in [0.717, 1.165) is 22.5 Å². The van der Waals surface area contributed by atoms with Crippen LogP contribution in [0.25, 0.3) is 11.3 Å². The summed E-state index contributed by atoms with van der Waals surface area (Å²) in [5, 5.41) is 6.06. The summed E-state index contributed by atoms with van der Waals surface area (Å²) in [7, 11) is 0. The molecule has 30 heavy (non-hydrogen) atoms. The molecule has 1 amide bonds. The number of nitrogens with zero attached hydrogens (tertiary/aromatic N) is 3. The minimum Gasteiger partial charge on any atom is -0.324 e. The summed E-state index contributed by atoms with van der Waals surface area (Å²) in [6.07, 6.45) is 5.16. The number of carbonyl (C=O) groups is 1. The predicted octanol–water partition coefficient (Wildman–Crippen LogP) is 5.27. The number of anilines is 3. The molecule has 0 bridgehead atoms. The number of amides is 1. The van der Waals surface area contributed by atoms with Crippen LogP contribution in [0.2, 0.25) is 0 Å². The molecule has 0 unspecified atom stereocenters. The largest absolute Gasteiger partial charge is 0.324 e. The second kappa shape index (κ2) is 9.15. The van der Waals surface area contributed by atoms with Crippen molar-refractivity contribution < 1.29 is 4.79 Å². The number of rotatable bonds is 6. The number of hydrogen-bond acceptors (Lipinski definition) is 5. The predicted molar refractivity (Wildman–Crippen MR) is 119 cm³/mol. The van der Waals surface area contributed by atoms with Crippen molar-refractivity contribution in [1.82, 2.24) is 15.0 Å². The van der Waals surface area contributed by atoms with Crippen molar-refractivity contribution in [2.24, 2.45) is 0 Å². The number of pyridine rings is 1. The van der Waals surface area contributed by atoms with Crippen molar-refractivity contribution in [3.8, 4) is 11.3 Å². The number of carbonyl (C=O) groups excluding carboxylic acids is 1. The number of nitrogens with one attached hydrogen (secondary N) is 2. The lowest BCUT2D eigenvalue weighted by Gasteiger charge is -2.09. The van der Waals surface area contributed by atoms with E-state index in [9.17, 15) is 4.79 Å². The molecule has 2 aromatic carbocycles. The van der Waals surface area contributed by atoms with Gasteiger partial charge in [-0.2, -0.15) is 0 Å². The fraction of sp³-hybridized carbons (Fsp3) is 0.0435. The lowest BCUT2D eigenvalue weighted by molar-refractivity contribution is 0.102. The Morgan fingerprint density at radius 3 is 2.23 bits per heavy atom. The SMILES string of the molecule is O=C(Nc1ccc(Nc2nccc(-c3ccncc3)n2)cc1)c1ccc(CCl)cc1. The van der Waals surface area contributed by atoms with Gasteiger partial charge in [-0.25, -0.2) is 9.97 Å². The average Bonchev–Trinajstić information content (AvgIpc) is 2.81. The summed E-state index contributed by atoms with van der Waals surface area (Å²) in [4.78, 5) is 25.2. The molecule has 0 aliphatic heterocycles. The molecule has 2 N–H and O–H groups in total. The first-order valence-corrected chi connectivity index (χ1v) is 9.81. The molecule has 0 fully saturated rings. The molecule has 0 saturated carbocycles. The summed E-state index contributed by atoms with van der Waals surface area (Å²) < 4.78 is 0. The van der Waals surface area contributed by atoms with E-state index < -0.39 is 0 Å². The maximum Gasteiger partial charge on any atom is 0.255 e. The second-order valence-electron chi connectivity index (χ2n) is 6.49. The highest BCUT2D eigenvalue weighted by Crippen LogP contribution is 2.20. The van der Waals surface area contributed by atoms with Gasteiger partial charge in [0.05, 0.1) is 5.69 Å². The van der Waals surface area contributed by atoms with Gasteiger partial charge in [0, 0.05) is 47.0 Å². The fourth-order valence-corrected chi connectivity index (χ4v) is 3.00. The summed E-state index contributed by atoms with van der Waals surface area (Å²) in [5.41, 5.74) is 4.82. The zero-order valence-electron chi connectivity index (χ0n) is 15.9. The van der Waals surface area contributed by atoms with Crippen LogP contribution < -0.4 is 10.6 Å². The smallest absolute Gasteiger partial charge is 0.255 e. The molecule has 2 heterocycles. The number of hydrogen-bond donors (Lipinski definition) is 2. The van der Waals surface area contributed by atoms with E-state index >= 15 is 0 Å². The van der Waals surface area contributed by atoms with E-state index in [1.807, 2.05) is 54.6 Å². The molecular formula is C23H18ClN5O. The summed E-state index contributed by atoms with van der Waals surface area (Å²) in [6, 6.07) is 20.2. The monoisotopic (exact) mass is 415 g/mol. The van der Waals surface area contributed by atoms with Crippen LogP contribution >= 0.6 is 11.6 Å². The van der Waals surface area contributed by atoms with Gasteiger partial charge in [0.2, 0.25) is 5.95 Å². The third kappa shape index (κ3) is 4.79. The Kier molecular flexibility index (Phi) is 5.96. The topological polar surface area (TPSA) is 79.8 Å². The Labute approximate surface area is 179 Å². The zero-order valence-corrected chi connectivity index (χ0v) is 16.7. The van der Waals surface area contributed by atoms with E-state index in [4.69, 9.17) is 11.6 Å². The molecule has 0 spiro atoms. The van der Waals surface area contributed by atoms with E-state index in [2.05, 4.69) is 25.6 Å². The van der Waals surface area contributed by atoms with Gasteiger partial charge in [-0.15, -0.1) is 11.6 Å². The Morgan fingerprint density at radius 2 is 1.53 bits per heavy atom. The Hall–Kier alpha value is -3.77. The maximum atomic E-state index is 12.4. The summed E-state index contributed by atoms with van der Waals surface area (Å²) in [5.74, 6) is 0.733. The van der Waals surface area contributed by atoms with Crippen LogP contribution in [0.4, 0.5) is 17.3 Å². The first kappa shape index (κ1) is 19.5. The van der Waals surface area contributed by atoms with Crippen LogP contribution in [0.3, 0.4) is 0 Å². The lowest BCUT2D eigenvalue weighted by Crippen LogP contribution is -2.11. The fourth-order valence-electron chi connectivity index (χ4n) is 2.82. The van der Waals surface area contributed by atoms with Gasteiger partial charge in [-0.05, 0) is 60.2 Å². The third-order valence-corrected chi connectivity index (χ3v) is 4.71. The van der Waals surface area contributed by atoms with E-state index in [0.29, 0.717) is 23.1 Å². The van der Waals surface area contributed by atoms with Crippen molar-refractivity contribution in [2.75, 3.05) is 10.6 Å². The molecule has 7 heteroatoms. The number of halogens is 1. The standard InChI is InChI=1S/C23H18ClN5O/c24-15-16-1-3-18(4-2-16)22(30)27-19-5-7-20(8-6-19)28-23-26-14-11-21(29-23)17-9-12-25-13-10-17/h1-14H,15H2,(H,27,30)(H,26,28,29). The van der Waals surface area contributed by atoms with Gasteiger partial charge in [-0.1, -0.05) is 12.1 Å². The highest BCUT2D eigenvalue weighted by atomic mass is 35.5. The molecule has 0 radical (unpaired) electrons. The van der Waals surface area contributed by atoms with Crippen LogP contribution in [-0.2, 0) is 5.88 Å². The summed E-state index contributed by atoms with van der Waals surface area (Å²) in [6.45, 7) is 0. The van der Waals surface area contributed by atoms with E-state index in [1.54, 1.807) is 30.7 Å². The van der Waals surface area contributed by atoms with Crippen molar-refractivity contribution in [3.63, 3.8) is 0 Å². The van der Waals surface area contributed by atoms with Crippen LogP contribution in [0.1, 0.15) is 15.9 Å². The minimum absolute atomic E-state index is 0.176. The van der Waals surface area contributed by atoms with Crippen LogP contribution in [-0.4, -0.2) is 20.9 Å². The molecule has 6 nitrogen and oxygen atoms in total. The van der Waals surface area contributed by atoms with Gasteiger partial charge in [0.15, 0.2) is 0 Å². The molecule has 4 aromatic rings. The van der Waals surface area contributed by atoms with E-state index in [1.165, 1.54) is 0 Å². The molecule has 148 valence electrons. The van der Waals surface area contributed by atoms with Crippen molar-refractivity contribution in [1.29, 1.82) is 0 Å². The maximum absolute atomic E-state index is 12.4.